The van der Waals surface area contributed by atoms with Gasteiger partial charge in [0, 0.05) is 26.2 Å². The average Bonchev–Trinajstić information content (AvgIpc) is 3.47. The summed E-state index contributed by atoms with van der Waals surface area (Å²) in [6.07, 6.45) is -1.31. The van der Waals surface area contributed by atoms with Crippen LogP contribution in [0.3, 0.4) is 0 Å². The second-order valence-corrected chi connectivity index (χ2v) is 8.05. The van der Waals surface area contributed by atoms with Gasteiger partial charge in [0.1, 0.15) is 12.1 Å². The first-order valence-electron chi connectivity index (χ1n) is 10.6. The van der Waals surface area contributed by atoms with Crippen LogP contribution in [0.15, 0.2) is 59.2 Å². The zero-order chi connectivity index (χ0) is 23.4. The molecule has 0 bridgehead atoms. The van der Waals surface area contributed by atoms with E-state index in [-0.39, 0.29) is 42.7 Å². The van der Waals surface area contributed by atoms with Gasteiger partial charge >= 0.3 is 6.18 Å². The van der Waals surface area contributed by atoms with Crippen molar-refractivity contribution in [2.45, 2.75) is 38.7 Å². The molecule has 33 heavy (non-hydrogen) atoms. The Hall–Kier alpha value is -3.20. The summed E-state index contributed by atoms with van der Waals surface area (Å²) in [7, 11) is 0. The second kappa shape index (κ2) is 9.74. The fourth-order valence-corrected chi connectivity index (χ4v) is 3.95. The molecule has 1 aromatic heterocycles. The van der Waals surface area contributed by atoms with Crippen molar-refractivity contribution in [2.24, 2.45) is 0 Å². The number of alkyl halides is 3. The van der Waals surface area contributed by atoms with E-state index in [4.69, 9.17) is 4.42 Å². The SMILES string of the molecule is O=C(c1coc(CN(Cc2ccc(F)cc2)Cc2ccccc2C(F)(F)F)n1)N1CCCC1. The van der Waals surface area contributed by atoms with Gasteiger partial charge in [-0.15, -0.1) is 0 Å². The lowest BCUT2D eigenvalue weighted by molar-refractivity contribution is -0.138. The number of nitrogens with zero attached hydrogens (tertiary/aromatic N) is 3. The van der Waals surface area contributed by atoms with Gasteiger partial charge in [0.2, 0.25) is 5.89 Å². The highest BCUT2D eigenvalue weighted by atomic mass is 19.4. The van der Waals surface area contributed by atoms with Gasteiger partial charge < -0.3 is 9.32 Å². The van der Waals surface area contributed by atoms with Gasteiger partial charge in [-0.25, -0.2) is 9.37 Å². The first-order valence-corrected chi connectivity index (χ1v) is 10.6. The van der Waals surface area contributed by atoms with Crippen LogP contribution in [0.1, 0.15) is 45.9 Å². The van der Waals surface area contributed by atoms with Crippen molar-refractivity contribution in [3.8, 4) is 0 Å². The van der Waals surface area contributed by atoms with E-state index in [1.54, 1.807) is 28.0 Å². The number of rotatable bonds is 7. The molecule has 9 heteroatoms. The highest BCUT2D eigenvalue weighted by Gasteiger charge is 2.33. The zero-order valence-electron chi connectivity index (χ0n) is 17.8. The number of likely N-dealkylation sites (tertiary alicyclic amines) is 1. The summed E-state index contributed by atoms with van der Waals surface area (Å²) < 4.78 is 59.3. The van der Waals surface area contributed by atoms with Crippen LogP contribution in [0, 0.1) is 5.82 Å². The lowest BCUT2D eigenvalue weighted by atomic mass is 10.1. The fourth-order valence-electron chi connectivity index (χ4n) is 3.95. The summed E-state index contributed by atoms with van der Waals surface area (Å²) >= 11 is 0. The minimum atomic E-state index is -4.49. The maximum Gasteiger partial charge on any atom is 0.416 e. The van der Waals surface area contributed by atoms with Gasteiger partial charge in [-0.3, -0.25) is 9.69 Å². The van der Waals surface area contributed by atoms with E-state index < -0.39 is 17.6 Å². The second-order valence-electron chi connectivity index (χ2n) is 8.05. The summed E-state index contributed by atoms with van der Waals surface area (Å²) in [5.74, 6) is -0.385. The van der Waals surface area contributed by atoms with E-state index in [1.165, 1.54) is 30.5 Å². The molecule has 0 atom stereocenters. The number of carbonyl (C=O) groups is 1. The predicted octanol–water partition coefficient (Wildman–Crippen LogP) is 5.27. The van der Waals surface area contributed by atoms with Crippen LogP contribution >= 0.6 is 0 Å². The molecule has 1 amide bonds. The number of benzene rings is 2. The Morgan fingerprint density at radius 2 is 1.70 bits per heavy atom. The van der Waals surface area contributed by atoms with Crippen LogP contribution < -0.4 is 0 Å². The summed E-state index contributed by atoms with van der Waals surface area (Å²) in [4.78, 5) is 20.2. The van der Waals surface area contributed by atoms with Gasteiger partial charge in [0.25, 0.3) is 5.91 Å². The van der Waals surface area contributed by atoms with Crippen LogP contribution in [-0.4, -0.2) is 33.8 Å². The topological polar surface area (TPSA) is 49.6 Å². The monoisotopic (exact) mass is 461 g/mol. The molecule has 0 unspecified atom stereocenters. The third-order valence-electron chi connectivity index (χ3n) is 5.56. The number of oxazole rings is 1. The molecule has 5 nitrogen and oxygen atoms in total. The van der Waals surface area contributed by atoms with Crippen molar-refractivity contribution in [1.29, 1.82) is 0 Å². The Bertz CT molecular complexity index is 1090. The highest BCUT2D eigenvalue weighted by molar-refractivity contribution is 5.92. The first-order chi connectivity index (χ1) is 15.8. The van der Waals surface area contributed by atoms with E-state index in [2.05, 4.69) is 4.98 Å². The van der Waals surface area contributed by atoms with Crippen molar-refractivity contribution in [1.82, 2.24) is 14.8 Å². The standard InChI is InChI=1S/C24H23F4N3O2/c25-19-9-7-17(8-10-19)13-30(14-18-5-1-2-6-20(18)24(26,27)28)15-22-29-21(16-33-22)23(32)31-11-3-4-12-31/h1-2,5-10,16H,3-4,11-15H2. The Balaban J connectivity index is 1.56. The molecule has 1 fully saturated rings. The molecule has 0 aliphatic carbocycles. The van der Waals surface area contributed by atoms with Crippen molar-refractivity contribution in [3.05, 3.63) is 88.9 Å². The molecule has 2 heterocycles. The van der Waals surface area contributed by atoms with Crippen LogP contribution in [-0.2, 0) is 25.8 Å². The molecule has 3 aromatic rings. The van der Waals surface area contributed by atoms with Gasteiger partial charge in [-0.2, -0.15) is 13.2 Å². The maximum atomic E-state index is 13.5. The normalized spacial score (nSPS) is 14.3. The summed E-state index contributed by atoms with van der Waals surface area (Å²) in [6.45, 7) is 1.63. The van der Waals surface area contributed by atoms with Crippen LogP contribution in [0.5, 0.6) is 0 Å². The molecule has 1 saturated heterocycles. The van der Waals surface area contributed by atoms with Gasteiger partial charge in [0.15, 0.2) is 5.69 Å². The van der Waals surface area contributed by atoms with E-state index in [0.717, 1.165) is 24.5 Å². The van der Waals surface area contributed by atoms with Crippen molar-refractivity contribution >= 4 is 5.91 Å². The number of hydrogen-bond acceptors (Lipinski definition) is 4. The van der Waals surface area contributed by atoms with E-state index in [1.807, 2.05) is 0 Å². The minimum absolute atomic E-state index is 0.0369. The third-order valence-corrected chi connectivity index (χ3v) is 5.56. The maximum absolute atomic E-state index is 13.5. The number of carbonyl (C=O) groups excluding carboxylic acids is 1. The Morgan fingerprint density at radius 1 is 1.00 bits per heavy atom. The van der Waals surface area contributed by atoms with Gasteiger partial charge in [0.05, 0.1) is 12.1 Å². The van der Waals surface area contributed by atoms with Crippen LogP contribution in [0.25, 0.3) is 0 Å². The molecule has 0 spiro atoms. The van der Waals surface area contributed by atoms with E-state index in [9.17, 15) is 22.4 Å². The molecule has 4 rings (SSSR count). The smallest absolute Gasteiger partial charge is 0.416 e. The van der Waals surface area contributed by atoms with Gasteiger partial charge in [-0.1, -0.05) is 30.3 Å². The Kier molecular flexibility index (Phi) is 6.78. The molecular formula is C24H23F4N3O2. The highest BCUT2D eigenvalue weighted by Crippen LogP contribution is 2.32. The summed E-state index contributed by atoms with van der Waals surface area (Å²) in [5, 5.41) is 0. The average molecular weight is 461 g/mol. The number of amides is 1. The summed E-state index contributed by atoms with van der Waals surface area (Å²) in [6, 6.07) is 11.1. The van der Waals surface area contributed by atoms with E-state index in [0.29, 0.717) is 13.1 Å². The Morgan fingerprint density at radius 3 is 2.39 bits per heavy atom. The lowest BCUT2D eigenvalue weighted by Gasteiger charge is -2.23. The predicted molar refractivity (Wildman–Crippen MR) is 112 cm³/mol. The molecule has 1 aliphatic rings. The Labute approximate surface area is 188 Å². The van der Waals surface area contributed by atoms with Crippen molar-refractivity contribution < 1.29 is 26.8 Å². The van der Waals surface area contributed by atoms with Crippen LogP contribution in [0.2, 0.25) is 0 Å². The fraction of sp³-hybridized carbons (Fsp3) is 0.333. The molecule has 0 saturated carbocycles. The number of halogens is 4. The number of aromatic nitrogens is 1. The molecular weight excluding hydrogens is 438 g/mol. The number of hydrogen-bond donors (Lipinski definition) is 0. The van der Waals surface area contributed by atoms with E-state index >= 15 is 0 Å². The lowest BCUT2D eigenvalue weighted by Crippen LogP contribution is -2.28. The zero-order valence-corrected chi connectivity index (χ0v) is 17.8. The largest absolute Gasteiger partial charge is 0.447 e. The van der Waals surface area contributed by atoms with Crippen molar-refractivity contribution in [2.75, 3.05) is 13.1 Å². The summed E-state index contributed by atoms with van der Waals surface area (Å²) in [5.41, 5.74) is 0.295. The molecule has 2 aromatic carbocycles. The molecule has 1 aliphatic heterocycles. The van der Waals surface area contributed by atoms with Crippen molar-refractivity contribution in [3.63, 3.8) is 0 Å². The van der Waals surface area contributed by atoms with Gasteiger partial charge in [-0.05, 0) is 42.2 Å². The van der Waals surface area contributed by atoms with Crippen LogP contribution in [0.4, 0.5) is 17.6 Å². The minimum Gasteiger partial charge on any atom is -0.447 e. The molecule has 0 N–H and O–H groups in total. The first kappa shape index (κ1) is 23.0. The third kappa shape index (κ3) is 5.78. The quantitative estimate of drug-likeness (QED) is 0.450. The molecule has 0 radical (unpaired) electrons. The molecule has 174 valence electrons.